The summed E-state index contributed by atoms with van der Waals surface area (Å²) in [4.78, 5) is 0. The Morgan fingerprint density at radius 1 is 1.29 bits per heavy atom. The van der Waals surface area contributed by atoms with E-state index in [1.807, 2.05) is 6.07 Å². The molecule has 0 heterocycles. The van der Waals surface area contributed by atoms with Gasteiger partial charge in [0.2, 0.25) is 0 Å². The van der Waals surface area contributed by atoms with Gasteiger partial charge in [-0.1, -0.05) is 26.8 Å². The smallest absolute Gasteiger partial charge is 0.138 e. The molecule has 5 N–H and O–H groups in total. The summed E-state index contributed by atoms with van der Waals surface area (Å²) in [7, 11) is 0. The summed E-state index contributed by atoms with van der Waals surface area (Å²) >= 11 is 0. The summed E-state index contributed by atoms with van der Waals surface area (Å²) in [6.45, 7) is 6.18. The maximum Gasteiger partial charge on any atom is 0.138 e. The lowest BCUT2D eigenvalue weighted by atomic mass is 9.83. The van der Waals surface area contributed by atoms with Crippen molar-refractivity contribution in [3.05, 3.63) is 23.8 Å². The third-order valence-electron chi connectivity index (χ3n) is 2.35. The van der Waals surface area contributed by atoms with Crippen LogP contribution < -0.4 is 11.5 Å². The predicted molar refractivity (Wildman–Crippen MR) is 58.9 cm³/mol. The zero-order chi connectivity index (χ0) is 10.9. The van der Waals surface area contributed by atoms with E-state index in [0.29, 0.717) is 5.69 Å². The fourth-order valence-electron chi connectivity index (χ4n) is 1.25. The maximum atomic E-state index is 9.43. The molecule has 1 aromatic rings. The van der Waals surface area contributed by atoms with Crippen LogP contribution >= 0.6 is 0 Å². The normalized spacial score (nSPS) is 14.0. The molecule has 0 unspecified atom stereocenters. The summed E-state index contributed by atoms with van der Waals surface area (Å²) in [5, 5.41) is 9.43. The van der Waals surface area contributed by atoms with Gasteiger partial charge in [-0.25, -0.2) is 0 Å². The Kier molecular flexibility index (Phi) is 2.71. The Morgan fingerprint density at radius 2 is 1.86 bits per heavy atom. The second-order valence-electron chi connectivity index (χ2n) is 4.66. The molecule has 0 aliphatic carbocycles. The van der Waals surface area contributed by atoms with Crippen molar-refractivity contribution >= 4 is 5.69 Å². The first-order valence-electron chi connectivity index (χ1n) is 4.66. The van der Waals surface area contributed by atoms with E-state index in [1.54, 1.807) is 12.1 Å². The number of hydrogen-bond donors (Lipinski definition) is 3. The van der Waals surface area contributed by atoms with Crippen LogP contribution in [0.5, 0.6) is 5.75 Å². The fraction of sp³-hybridized carbons (Fsp3) is 0.455. The quantitative estimate of drug-likeness (QED) is 0.473. The van der Waals surface area contributed by atoms with Gasteiger partial charge in [0.15, 0.2) is 0 Å². The second-order valence-corrected chi connectivity index (χ2v) is 4.66. The molecule has 3 nitrogen and oxygen atoms in total. The molecular weight excluding hydrogens is 176 g/mol. The number of benzene rings is 1. The van der Waals surface area contributed by atoms with Crippen molar-refractivity contribution in [2.45, 2.75) is 26.8 Å². The van der Waals surface area contributed by atoms with Gasteiger partial charge in [-0.15, -0.1) is 0 Å². The summed E-state index contributed by atoms with van der Waals surface area (Å²) < 4.78 is 0. The highest BCUT2D eigenvalue weighted by Crippen LogP contribution is 2.33. The van der Waals surface area contributed by atoms with Crippen molar-refractivity contribution in [1.82, 2.24) is 0 Å². The zero-order valence-electron chi connectivity index (χ0n) is 8.91. The fourth-order valence-corrected chi connectivity index (χ4v) is 1.25. The second kappa shape index (κ2) is 3.50. The molecule has 1 aromatic carbocycles. The summed E-state index contributed by atoms with van der Waals surface area (Å²) in [6, 6.07) is 5.06. The number of phenols is 1. The minimum absolute atomic E-state index is 0.0252. The van der Waals surface area contributed by atoms with E-state index in [9.17, 15) is 5.11 Å². The van der Waals surface area contributed by atoms with Crippen LogP contribution in [0, 0.1) is 5.41 Å². The van der Waals surface area contributed by atoms with Gasteiger partial charge < -0.3 is 16.6 Å². The maximum absolute atomic E-state index is 9.43. The third-order valence-corrected chi connectivity index (χ3v) is 2.35. The SMILES string of the molecule is CC(C)(C)[C@H](N)c1ccc(N)c(O)c1. The molecule has 0 spiro atoms. The molecule has 78 valence electrons. The van der Waals surface area contributed by atoms with E-state index < -0.39 is 0 Å². The van der Waals surface area contributed by atoms with Gasteiger partial charge in [0.25, 0.3) is 0 Å². The first kappa shape index (κ1) is 10.9. The Hall–Kier alpha value is -1.22. The van der Waals surface area contributed by atoms with E-state index in [2.05, 4.69) is 20.8 Å². The number of anilines is 1. The Labute approximate surface area is 84.7 Å². The standard InChI is InChI=1S/C11H18N2O/c1-11(2,3)10(13)7-4-5-8(12)9(14)6-7/h4-6,10,14H,12-13H2,1-3H3/t10-/m1/s1. The van der Waals surface area contributed by atoms with Crippen molar-refractivity contribution in [2.24, 2.45) is 11.1 Å². The van der Waals surface area contributed by atoms with Crippen LogP contribution in [0.2, 0.25) is 0 Å². The first-order chi connectivity index (χ1) is 6.32. The summed E-state index contributed by atoms with van der Waals surface area (Å²) in [6.07, 6.45) is 0. The summed E-state index contributed by atoms with van der Waals surface area (Å²) in [5.74, 6) is 0.0993. The van der Waals surface area contributed by atoms with Crippen molar-refractivity contribution in [3.8, 4) is 5.75 Å². The molecule has 0 amide bonds. The molecule has 0 radical (unpaired) electrons. The predicted octanol–water partition coefficient (Wildman–Crippen LogP) is 2.02. The molecule has 0 aliphatic heterocycles. The van der Waals surface area contributed by atoms with Gasteiger partial charge in [0, 0.05) is 6.04 Å². The number of nitrogen functional groups attached to an aromatic ring is 1. The van der Waals surface area contributed by atoms with Crippen LogP contribution in [0.25, 0.3) is 0 Å². The highest BCUT2D eigenvalue weighted by molar-refractivity contribution is 5.53. The number of rotatable bonds is 1. The molecule has 1 rings (SSSR count). The third kappa shape index (κ3) is 2.17. The highest BCUT2D eigenvalue weighted by Gasteiger charge is 2.22. The molecule has 0 saturated heterocycles. The summed E-state index contributed by atoms with van der Waals surface area (Å²) in [5.41, 5.74) is 12.8. The first-order valence-corrected chi connectivity index (χ1v) is 4.66. The molecule has 0 aliphatic rings. The topological polar surface area (TPSA) is 72.3 Å². The molecule has 0 fully saturated rings. The van der Waals surface area contributed by atoms with Crippen LogP contribution in [0.4, 0.5) is 5.69 Å². The van der Waals surface area contributed by atoms with Crippen LogP contribution in [-0.2, 0) is 0 Å². The molecule has 14 heavy (non-hydrogen) atoms. The van der Waals surface area contributed by atoms with Crippen LogP contribution in [-0.4, -0.2) is 5.11 Å². The van der Waals surface area contributed by atoms with Gasteiger partial charge in [-0.2, -0.15) is 0 Å². The Bertz CT molecular complexity index is 329. The van der Waals surface area contributed by atoms with Gasteiger partial charge in [-0.05, 0) is 23.1 Å². The van der Waals surface area contributed by atoms with Crippen molar-refractivity contribution in [1.29, 1.82) is 0 Å². The van der Waals surface area contributed by atoms with Crippen molar-refractivity contribution < 1.29 is 5.11 Å². The number of aromatic hydroxyl groups is 1. The Balaban J connectivity index is 3.03. The van der Waals surface area contributed by atoms with Gasteiger partial charge >= 0.3 is 0 Å². The molecule has 0 bridgehead atoms. The molecule has 0 saturated carbocycles. The minimum Gasteiger partial charge on any atom is -0.506 e. The van der Waals surface area contributed by atoms with Crippen LogP contribution in [0.3, 0.4) is 0 Å². The van der Waals surface area contributed by atoms with E-state index in [4.69, 9.17) is 11.5 Å². The van der Waals surface area contributed by atoms with Crippen LogP contribution in [0.1, 0.15) is 32.4 Å². The van der Waals surface area contributed by atoms with Gasteiger partial charge in [0.1, 0.15) is 5.75 Å². The lowest BCUT2D eigenvalue weighted by molar-refractivity contribution is 0.326. The van der Waals surface area contributed by atoms with E-state index >= 15 is 0 Å². The van der Waals surface area contributed by atoms with Gasteiger partial charge in [0.05, 0.1) is 5.69 Å². The lowest BCUT2D eigenvalue weighted by Crippen LogP contribution is -2.26. The monoisotopic (exact) mass is 194 g/mol. The van der Waals surface area contributed by atoms with Crippen LogP contribution in [0.15, 0.2) is 18.2 Å². The molecule has 0 aromatic heterocycles. The van der Waals surface area contributed by atoms with Crippen molar-refractivity contribution in [3.63, 3.8) is 0 Å². The van der Waals surface area contributed by atoms with E-state index in [1.165, 1.54) is 0 Å². The Morgan fingerprint density at radius 3 is 2.29 bits per heavy atom. The van der Waals surface area contributed by atoms with E-state index in [0.717, 1.165) is 5.56 Å². The minimum atomic E-state index is -0.103. The van der Waals surface area contributed by atoms with Crippen molar-refractivity contribution in [2.75, 3.05) is 5.73 Å². The van der Waals surface area contributed by atoms with E-state index in [-0.39, 0.29) is 17.2 Å². The molecule has 3 heteroatoms. The molecular formula is C11H18N2O. The number of nitrogens with two attached hydrogens (primary N) is 2. The highest BCUT2D eigenvalue weighted by atomic mass is 16.3. The molecule has 1 atom stereocenters. The average Bonchev–Trinajstić information content (AvgIpc) is 2.07. The average molecular weight is 194 g/mol. The largest absolute Gasteiger partial charge is 0.506 e. The van der Waals surface area contributed by atoms with Gasteiger partial charge in [-0.3, -0.25) is 0 Å². The zero-order valence-corrected chi connectivity index (χ0v) is 8.91. The lowest BCUT2D eigenvalue weighted by Gasteiger charge is -2.27. The number of hydrogen-bond acceptors (Lipinski definition) is 3. The number of phenolic OH excluding ortho intramolecular Hbond substituents is 1.